The van der Waals surface area contributed by atoms with Crippen LogP contribution in [0.4, 0.5) is 5.82 Å². The Hall–Kier alpha value is -1.36. The maximum atomic E-state index is 5.80. The molecule has 0 aliphatic carbocycles. The van der Waals surface area contributed by atoms with E-state index in [4.69, 9.17) is 11.6 Å². The van der Waals surface area contributed by atoms with Gasteiger partial charge in [0, 0.05) is 19.5 Å². The van der Waals surface area contributed by atoms with E-state index in [9.17, 15) is 0 Å². The molecule has 0 spiro atoms. The van der Waals surface area contributed by atoms with Crippen molar-refractivity contribution >= 4 is 28.5 Å². The van der Waals surface area contributed by atoms with Crippen molar-refractivity contribution in [3.63, 3.8) is 0 Å². The molecule has 0 fully saturated rings. The molecule has 2 heterocycles. The van der Waals surface area contributed by atoms with Crippen molar-refractivity contribution in [1.29, 1.82) is 0 Å². The van der Waals surface area contributed by atoms with Gasteiger partial charge in [-0.15, -0.1) is 11.6 Å². The number of halogens is 1. The molecule has 2 rings (SSSR count). The van der Waals surface area contributed by atoms with Crippen LogP contribution in [0.2, 0.25) is 0 Å². The first-order chi connectivity index (χ1) is 8.53. The number of nitrogens with zero attached hydrogens (tertiary/aromatic N) is 4. The summed E-state index contributed by atoms with van der Waals surface area (Å²) in [5, 5.41) is 8.50. The van der Waals surface area contributed by atoms with E-state index in [1.807, 2.05) is 7.05 Å². The molecule has 2 aromatic rings. The molecule has 2 aromatic heterocycles. The Morgan fingerprint density at radius 3 is 2.89 bits per heavy atom. The van der Waals surface area contributed by atoms with Crippen LogP contribution in [0.5, 0.6) is 0 Å². The van der Waals surface area contributed by atoms with E-state index in [0.29, 0.717) is 5.88 Å². The molecule has 6 heteroatoms. The van der Waals surface area contributed by atoms with Crippen LogP contribution in [0.25, 0.3) is 11.0 Å². The third-order valence-electron chi connectivity index (χ3n) is 3.04. The zero-order valence-corrected chi connectivity index (χ0v) is 11.7. The minimum atomic E-state index is 0.140. The highest BCUT2D eigenvalue weighted by atomic mass is 35.5. The molecular formula is C12H18ClN5. The summed E-state index contributed by atoms with van der Waals surface area (Å²) < 4.78 is 1.74. The second-order valence-electron chi connectivity index (χ2n) is 5.18. The van der Waals surface area contributed by atoms with Crippen LogP contribution in [-0.4, -0.2) is 32.2 Å². The monoisotopic (exact) mass is 267 g/mol. The molecule has 0 saturated heterocycles. The van der Waals surface area contributed by atoms with Gasteiger partial charge in [0.05, 0.1) is 11.6 Å². The number of fused-ring (bicyclic) bond motifs is 1. The van der Waals surface area contributed by atoms with E-state index >= 15 is 0 Å². The molecule has 0 aliphatic rings. The number of aryl methyl sites for hydroxylation is 1. The zero-order chi connectivity index (χ0) is 13.2. The van der Waals surface area contributed by atoms with Crippen LogP contribution in [0.3, 0.4) is 0 Å². The number of nitrogens with one attached hydrogen (secondary N) is 1. The first-order valence-corrected chi connectivity index (χ1v) is 6.49. The molecule has 0 radical (unpaired) electrons. The highest BCUT2D eigenvalue weighted by molar-refractivity contribution is 6.17. The lowest BCUT2D eigenvalue weighted by molar-refractivity contribution is 0.379. The molecule has 18 heavy (non-hydrogen) atoms. The van der Waals surface area contributed by atoms with Gasteiger partial charge in [-0.25, -0.2) is 9.97 Å². The molecule has 0 aliphatic heterocycles. The fraction of sp³-hybridized carbons (Fsp3) is 0.583. The summed E-state index contributed by atoms with van der Waals surface area (Å²) >= 11 is 5.80. The van der Waals surface area contributed by atoms with Crippen molar-refractivity contribution in [2.45, 2.75) is 20.3 Å². The van der Waals surface area contributed by atoms with Crippen molar-refractivity contribution in [2.24, 2.45) is 12.5 Å². The third-order valence-corrected chi connectivity index (χ3v) is 3.22. The highest BCUT2D eigenvalue weighted by Crippen LogP contribution is 2.23. The van der Waals surface area contributed by atoms with E-state index < -0.39 is 0 Å². The topological polar surface area (TPSA) is 55.6 Å². The predicted molar refractivity (Wildman–Crippen MR) is 73.9 cm³/mol. The number of anilines is 1. The number of hydrogen-bond acceptors (Lipinski definition) is 4. The van der Waals surface area contributed by atoms with Crippen molar-refractivity contribution in [3.8, 4) is 0 Å². The smallest absolute Gasteiger partial charge is 0.163 e. The summed E-state index contributed by atoms with van der Waals surface area (Å²) in [7, 11) is 1.87. The number of aromatic nitrogens is 4. The van der Waals surface area contributed by atoms with E-state index in [2.05, 4.69) is 34.2 Å². The summed E-state index contributed by atoms with van der Waals surface area (Å²) in [5.41, 5.74) is 0.976. The Kier molecular flexibility index (Phi) is 3.71. The van der Waals surface area contributed by atoms with Gasteiger partial charge in [0.2, 0.25) is 0 Å². The highest BCUT2D eigenvalue weighted by Gasteiger charge is 2.18. The molecule has 0 bridgehead atoms. The lowest BCUT2D eigenvalue weighted by Crippen LogP contribution is -2.24. The van der Waals surface area contributed by atoms with Gasteiger partial charge in [0.25, 0.3) is 0 Å². The van der Waals surface area contributed by atoms with Crippen molar-refractivity contribution in [3.05, 3.63) is 12.5 Å². The van der Waals surface area contributed by atoms with E-state index in [1.54, 1.807) is 17.2 Å². The normalized spacial score (nSPS) is 12.0. The van der Waals surface area contributed by atoms with E-state index in [-0.39, 0.29) is 5.41 Å². The van der Waals surface area contributed by atoms with Gasteiger partial charge in [0.15, 0.2) is 5.65 Å². The Bertz CT molecular complexity index is 534. The number of rotatable bonds is 5. The molecule has 5 nitrogen and oxygen atoms in total. The fourth-order valence-corrected chi connectivity index (χ4v) is 2.28. The zero-order valence-electron chi connectivity index (χ0n) is 10.9. The lowest BCUT2D eigenvalue weighted by atomic mass is 9.90. The van der Waals surface area contributed by atoms with Crippen LogP contribution in [0.15, 0.2) is 12.5 Å². The van der Waals surface area contributed by atoms with Crippen molar-refractivity contribution in [2.75, 3.05) is 17.7 Å². The van der Waals surface area contributed by atoms with Crippen LogP contribution >= 0.6 is 11.6 Å². The summed E-state index contributed by atoms with van der Waals surface area (Å²) in [4.78, 5) is 8.49. The third kappa shape index (κ3) is 2.72. The van der Waals surface area contributed by atoms with Gasteiger partial charge < -0.3 is 5.32 Å². The molecule has 1 N–H and O–H groups in total. The maximum Gasteiger partial charge on any atom is 0.163 e. The molecule has 0 atom stereocenters. The SMILES string of the molecule is Cn1ncc2c(NCC(C)(C)CCCl)ncnc21. The fourth-order valence-electron chi connectivity index (χ4n) is 1.77. The summed E-state index contributed by atoms with van der Waals surface area (Å²) in [6, 6.07) is 0. The van der Waals surface area contributed by atoms with Gasteiger partial charge in [-0.1, -0.05) is 13.8 Å². The Morgan fingerprint density at radius 2 is 2.17 bits per heavy atom. The molecular weight excluding hydrogens is 250 g/mol. The molecule has 0 aromatic carbocycles. The van der Waals surface area contributed by atoms with Crippen LogP contribution in [-0.2, 0) is 7.05 Å². The van der Waals surface area contributed by atoms with Gasteiger partial charge in [-0.3, -0.25) is 4.68 Å². The minimum Gasteiger partial charge on any atom is -0.369 e. The Labute approximate surface area is 112 Å². The van der Waals surface area contributed by atoms with E-state index in [1.165, 1.54) is 0 Å². The number of hydrogen-bond donors (Lipinski definition) is 1. The maximum absolute atomic E-state index is 5.80. The standard InChI is InChI=1S/C12H18ClN5/c1-12(2,4-5-13)7-14-10-9-6-17-18(3)11(9)16-8-15-10/h6,8H,4-5,7H2,1-3H3,(H,14,15,16). The first-order valence-electron chi connectivity index (χ1n) is 5.96. The van der Waals surface area contributed by atoms with Crippen LogP contribution in [0, 0.1) is 5.41 Å². The van der Waals surface area contributed by atoms with Gasteiger partial charge in [-0.05, 0) is 11.8 Å². The molecule has 0 amide bonds. The second-order valence-corrected chi connectivity index (χ2v) is 5.56. The summed E-state index contributed by atoms with van der Waals surface area (Å²) in [6.45, 7) is 5.19. The van der Waals surface area contributed by atoms with Gasteiger partial charge in [-0.2, -0.15) is 5.10 Å². The quantitative estimate of drug-likeness (QED) is 0.846. The largest absolute Gasteiger partial charge is 0.369 e. The second kappa shape index (κ2) is 5.10. The summed E-state index contributed by atoms with van der Waals surface area (Å²) in [6.07, 6.45) is 4.30. The lowest BCUT2D eigenvalue weighted by Gasteiger charge is -2.24. The van der Waals surface area contributed by atoms with Crippen molar-refractivity contribution in [1.82, 2.24) is 19.7 Å². The van der Waals surface area contributed by atoms with Gasteiger partial charge >= 0.3 is 0 Å². The van der Waals surface area contributed by atoms with Crippen LogP contribution in [0.1, 0.15) is 20.3 Å². The van der Waals surface area contributed by atoms with E-state index in [0.717, 1.165) is 29.8 Å². The molecule has 0 saturated carbocycles. The Balaban J connectivity index is 2.17. The van der Waals surface area contributed by atoms with Crippen molar-refractivity contribution < 1.29 is 0 Å². The predicted octanol–water partition coefficient (Wildman–Crippen LogP) is 2.43. The molecule has 0 unspecified atom stereocenters. The average Bonchev–Trinajstić information content (AvgIpc) is 2.69. The van der Waals surface area contributed by atoms with Crippen LogP contribution < -0.4 is 5.32 Å². The first kappa shape index (κ1) is 13.1. The Morgan fingerprint density at radius 1 is 1.39 bits per heavy atom. The minimum absolute atomic E-state index is 0.140. The molecule has 98 valence electrons. The summed E-state index contributed by atoms with van der Waals surface area (Å²) in [5.74, 6) is 1.50. The number of alkyl halides is 1. The average molecular weight is 268 g/mol. The van der Waals surface area contributed by atoms with Gasteiger partial charge in [0.1, 0.15) is 12.1 Å².